The molecular formula is C20H20F3N3O3. The Hall–Kier alpha value is -3.36. The van der Waals surface area contributed by atoms with E-state index in [9.17, 15) is 18.0 Å². The van der Waals surface area contributed by atoms with Gasteiger partial charge in [-0.05, 0) is 24.6 Å². The van der Waals surface area contributed by atoms with Gasteiger partial charge in [0, 0.05) is 18.2 Å². The van der Waals surface area contributed by atoms with Crippen LogP contribution >= 0.6 is 0 Å². The summed E-state index contributed by atoms with van der Waals surface area (Å²) in [6.07, 6.45) is -3.80. The van der Waals surface area contributed by atoms with Gasteiger partial charge in [0.25, 0.3) is 5.91 Å². The standard InChI is InChI=1S/C20H20F3N3O3/c1-13(14-8-6-9-16(11-14)20(21,22)23)29-25-12-15-7-4-5-10-17(15)18(26-28-3)19(27)24-2/h4-13H,1-3H3,(H,24,27)/b25-12+,26-18+/t13-/m1/s1. The van der Waals surface area contributed by atoms with Gasteiger partial charge in [0.05, 0.1) is 11.8 Å². The molecule has 0 aliphatic rings. The second-order valence-corrected chi connectivity index (χ2v) is 5.89. The molecular weight excluding hydrogens is 387 g/mol. The average molecular weight is 407 g/mol. The van der Waals surface area contributed by atoms with Crippen LogP contribution < -0.4 is 5.32 Å². The van der Waals surface area contributed by atoms with Crippen LogP contribution in [0.1, 0.15) is 35.3 Å². The maximum atomic E-state index is 12.9. The van der Waals surface area contributed by atoms with Gasteiger partial charge in [-0.2, -0.15) is 13.2 Å². The van der Waals surface area contributed by atoms with Crippen LogP contribution in [0.4, 0.5) is 13.2 Å². The molecule has 1 N–H and O–H groups in total. The number of carbonyl (C=O) groups is 1. The van der Waals surface area contributed by atoms with E-state index in [0.29, 0.717) is 16.7 Å². The van der Waals surface area contributed by atoms with E-state index in [-0.39, 0.29) is 5.71 Å². The lowest BCUT2D eigenvalue weighted by atomic mass is 10.0. The van der Waals surface area contributed by atoms with E-state index in [4.69, 9.17) is 9.68 Å². The first-order valence-corrected chi connectivity index (χ1v) is 8.57. The highest BCUT2D eigenvalue weighted by molar-refractivity contribution is 6.46. The molecule has 0 unspecified atom stereocenters. The largest absolute Gasteiger partial charge is 0.416 e. The third-order valence-corrected chi connectivity index (χ3v) is 3.93. The second kappa shape index (κ2) is 9.72. The summed E-state index contributed by atoms with van der Waals surface area (Å²) in [5, 5.41) is 10.1. The van der Waals surface area contributed by atoms with Gasteiger partial charge in [0.1, 0.15) is 13.2 Å². The summed E-state index contributed by atoms with van der Waals surface area (Å²) in [6.45, 7) is 1.58. The maximum Gasteiger partial charge on any atom is 0.416 e. The minimum absolute atomic E-state index is 0.0444. The number of rotatable bonds is 7. The lowest BCUT2D eigenvalue weighted by Crippen LogP contribution is -2.29. The van der Waals surface area contributed by atoms with Crippen molar-refractivity contribution in [1.29, 1.82) is 0 Å². The van der Waals surface area contributed by atoms with E-state index in [0.717, 1.165) is 12.1 Å². The molecule has 0 bridgehead atoms. The molecule has 0 aromatic heterocycles. The number of alkyl halides is 3. The van der Waals surface area contributed by atoms with Gasteiger partial charge >= 0.3 is 6.18 Å². The molecule has 0 saturated heterocycles. The van der Waals surface area contributed by atoms with Gasteiger partial charge in [-0.15, -0.1) is 0 Å². The molecule has 29 heavy (non-hydrogen) atoms. The van der Waals surface area contributed by atoms with Crippen LogP contribution in [0, 0.1) is 0 Å². The van der Waals surface area contributed by atoms with Gasteiger partial charge in [-0.1, -0.05) is 46.7 Å². The summed E-state index contributed by atoms with van der Waals surface area (Å²) < 4.78 is 38.6. The maximum absolute atomic E-state index is 12.9. The fourth-order valence-corrected chi connectivity index (χ4v) is 2.46. The van der Waals surface area contributed by atoms with Crippen molar-refractivity contribution in [2.24, 2.45) is 10.3 Å². The number of hydrogen-bond donors (Lipinski definition) is 1. The fourth-order valence-electron chi connectivity index (χ4n) is 2.46. The molecule has 0 saturated carbocycles. The zero-order valence-corrected chi connectivity index (χ0v) is 16.0. The molecule has 1 amide bonds. The third kappa shape index (κ3) is 5.81. The van der Waals surface area contributed by atoms with Crippen molar-refractivity contribution in [2.45, 2.75) is 19.2 Å². The number of halogens is 3. The molecule has 9 heteroatoms. The van der Waals surface area contributed by atoms with Crippen molar-refractivity contribution in [3.63, 3.8) is 0 Å². The van der Waals surface area contributed by atoms with E-state index in [1.165, 1.54) is 32.5 Å². The van der Waals surface area contributed by atoms with Crippen LogP contribution in [-0.4, -0.2) is 32.0 Å². The minimum Gasteiger partial charge on any atom is -0.398 e. The van der Waals surface area contributed by atoms with Gasteiger partial charge in [-0.25, -0.2) is 0 Å². The number of benzene rings is 2. The van der Waals surface area contributed by atoms with Gasteiger partial charge in [0.2, 0.25) is 0 Å². The van der Waals surface area contributed by atoms with E-state index >= 15 is 0 Å². The molecule has 2 rings (SSSR count). The first-order chi connectivity index (χ1) is 13.8. The summed E-state index contributed by atoms with van der Waals surface area (Å²) in [5.41, 5.74) is 0.585. The minimum atomic E-state index is -4.44. The molecule has 0 aliphatic heterocycles. The highest BCUT2D eigenvalue weighted by Crippen LogP contribution is 2.31. The molecule has 2 aromatic carbocycles. The Kier molecular flexibility index (Phi) is 7.35. The number of carbonyl (C=O) groups excluding carboxylic acids is 1. The van der Waals surface area contributed by atoms with Crippen molar-refractivity contribution in [3.8, 4) is 0 Å². The van der Waals surface area contributed by atoms with Crippen LogP contribution in [0.25, 0.3) is 0 Å². The predicted octanol–water partition coefficient (Wildman–Crippen LogP) is 3.91. The van der Waals surface area contributed by atoms with Crippen LogP contribution in [-0.2, 0) is 20.6 Å². The molecule has 2 aromatic rings. The molecule has 0 aliphatic carbocycles. The number of nitrogens with one attached hydrogen (secondary N) is 1. The van der Waals surface area contributed by atoms with Crippen LogP contribution in [0.15, 0.2) is 58.8 Å². The first-order valence-electron chi connectivity index (χ1n) is 8.57. The van der Waals surface area contributed by atoms with Gasteiger partial charge in [-0.3, -0.25) is 4.79 Å². The SMILES string of the molecule is CNC(=O)/C(=N/OC)c1ccccc1/C=N/O[C@H](C)c1cccc(C(F)(F)F)c1. The number of likely N-dealkylation sites (N-methyl/N-ethyl adjacent to an activating group) is 1. The van der Waals surface area contributed by atoms with E-state index < -0.39 is 23.8 Å². The molecule has 0 fully saturated rings. The third-order valence-electron chi connectivity index (χ3n) is 3.93. The van der Waals surface area contributed by atoms with Crippen molar-refractivity contribution >= 4 is 17.8 Å². The highest BCUT2D eigenvalue weighted by Gasteiger charge is 2.30. The Labute approximate surface area is 166 Å². The van der Waals surface area contributed by atoms with Gasteiger partial charge < -0.3 is 15.0 Å². The molecule has 1 atom stereocenters. The lowest BCUT2D eigenvalue weighted by molar-refractivity contribution is -0.137. The van der Waals surface area contributed by atoms with E-state index in [1.54, 1.807) is 31.2 Å². The summed E-state index contributed by atoms with van der Waals surface area (Å²) in [5.74, 6) is -0.453. The Morgan fingerprint density at radius 2 is 1.90 bits per heavy atom. The number of nitrogens with zero attached hydrogens (tertiary/aromatic N) is 2. The molecule has 6 nitrogen and oxygen atoms in total. The Bertz CT molecular complexity index is 911. The van der Waals surface area contributed by atoms with Crippen LogP contribution in [0.3, 0.4) is 0 Å². The summed E-state index contributed by atoms with van der Waals surface area (Å²) >= 11 is 0. The normalized spacial score (nSPS) is 13.2. The summed E-state index contributed by atoms with van der Waals surface area (Å²) in [7, 11) is 2.78. The zero-order chi connectivity index (χ0) is 21.4. The second-order valence-electron chi connectivity index (χ2n) is 5.89. The number of hydrogen-bond acceptors (Lipinski definition) is 5. The first kappa shape index (κ1) is 21.9. The zero-order valence-electron chi connectivity index (χ0n) is 16.0. The predicted molar refractivity (Wildman–Crippen MR) is 103 cm³/mol. The molecule has 0 radical (unpaired) electrons. The average Bonchev–Trinajstić information content (AvgIpc) is 2.71. The molecule has 154 valence electrons. The van der Waals surface area contributed by atoms with Crippen LogP contribution in [0.5, 0.6) is 0 Å². The summed E-state index contributed by atoms with van der Waals surface area (Å²) in [4.78, 5) is 22.1. The van der Waals surface area contributed by atoms with Crippen molar-refractivity contribution in [3.05, 3.63) is 70.8 Å². The monoisotopic (exact) mass is 407 g/mol. The highest BCUT2D eigenvalue weighted by atomic mass is 19.4. The fraction of sp³-hybridized carbons (Fsp3) is 0.250. The van der Waals surface area contributed by atoms with Crippen molar-refractivity contribution < 1.29 is 27.6 Å². The smallest absolute Gasteiger partial charge is 0.398 e. The number of amides is 1. The van der Waals surface area contributed by atoms with E-state index in [2.05, 4.69) is 15.6 Å². The molecule has 0 spiro atoms. The number of oxime groups is 2. The lowest BCUT2D eigenvalue weighted by Gasteiger charge is -2.13. The Morgan fingerprint density at radius 3 is 2.55 bits per heavy atom. The molecule has 0 heterocycles. The quantitative estimate of drug-likeness (QED) is 0.559. The topological polar surface area (TPSA) is 72.3 Å². The van der Waals surface area contributed by atoms with Crippen molar-refractivity contribution in [2.75, 3.05) is 14.2 Å². The van der Waals surface area contributed by atoms with Crippen LogP contribution in [0.2, 0.25) is 0 Å². The van der Waals surface area contributed by atoms with Crippen molar-refractivity contribution in [1.82, 2.24) is 5.32 Å². The van der Waals surface area contributed by atoms with Gasteiger partial charge in [0.15, 0.2) is 5.71 Å². The summed E-state index contributed by atoms with van der Waals surface area (Å²) in [6, 6.07) is 11.6. The van der Waals surface area contributed by atoms with E-state index in [1.807, 2.05) is 0 Å². The Morgan fingerprint density at radius 1 is 1.17 bits per heavy atom. The Balaban J connectivity index is 2.21.